The standard InChI is InChI=1S/C29H30N4OS/c1-18(2)21-12-14-22(15-13-21)33-28(27(31-29(33)35)24-9-7-8-16-30-24)23-17-19(3)32(20(23)4)25-10-5-6-11-26(25)34/h5-18,27-28,34H,1-4H3,(H,31,35)/t27-,28+/m0/s1. The molecular formula is C29H30N4OS. The molecule has 3 heterocycles. The molecule has 1 saturated heterocycles. The number of phenols is 1. The summed E-state index contributed by atoms with van der Waals surface area (Å²) in [5, 5.41) is 14.8. The Labute approximate surface area is 212 Å². The number of phenolic OH excluding ortho intramolecular Hbond substituents is 1. The van der Waals surface area contributed by atoms with Crippen LogP contribution in [0.2, 0.25) is 0 Å². The normalized spacial score (nSPS) is 17.7. The number of nitrogens with one attached hydrogen (secondary N) is 1. The first kappa shape index (κ1) is 23.1. The van der Waals surface area contributed by atoms with Crippen molar-refractivity contribution in [1.82, 2.24) is 14.9 Å². The van der Waals surface area contributed by atoms with E-state index in [-0.39, 0.29) is 17.8 Å². The van der Waals surface area contributed by atoms with Gasteiger partial charge in [-0.05, 0) is 85.6 Å². The molecule has 0 radical (unpaired) electrons. The van der Waals surface area contributed by atoms with Gasteiger partial charge in [-0.1, -0.05) is 44.2 Å². The highest BCUT2D eigenvalue weighted by Gasteiger charge is 2.42. The Morgan fingerprint density at radius 1 is 0.971 bits per heavy atom. The van der Waals surface area contributed by atoms with Gasteiger partial charge in [0.2, 0.25) is 0 Å². The van der Waals surface area contributed by atoms with Gasteiger partial charge in [0.15, 0.2) is 5.11 Å². The lowest BCUT2D eigenvalue weighted by molar-refractivity contribution is 0.471. The molecule has 0 spiro atoms. The molecule has 4 aromatic rings. The summed E-state index contributed by atoms with van der Waals surface area (Å²) in [6.45, 7) is 8.57. The number of rotatable bonds is 5. The quantitative estimate of drug-likeness (QED) is 0.318. The Morgan fingerprint density at radius 2 is 1.69 bits per heavy atom. The first-order valence-electron chi connectivity index (χ1n) is 11.9. The monoisotopic (exact) mass is 482 g/mol. The van der Waals surface area contributed by atoms with Crippen LogP contribution in [0.4, 0.5) is 5.69 Å². The predicted octanol–water partition coefficient (Wildman–Crippen LogP) is 6.50. The number of aromatic hydroxyl groups is 1. The zero-order valence-electron chi connectivity index (χ0n) is 20.4. The smallest absolute Gasteiger partial charge is 0.174 e. The van der Waals surface area contributed by atoms with Crippen LogP contribution in [-0.4, -0.2) is 19.8 Å². The summed E-state index contributed by atoms with van der Waals surface area (Å²) in [4.78, 5) is 6.88. The summed E-state index contributed by atoms with van der Waals surface area (Å²) >= 11 is 5.90. The number of hydrogen-bond donors (Lipinski definition) is 2. The lowest BCUT2D eigenvalue weighted by Crippen LogP contribution is -2.29. The molecule has 2 N–H and O–H groups in total. The topological polar surface area (TPSA) is 53.3 Å². The number of aromatic nitrogens is 2. The van der Waals surface area contributed by atoms with Gasteiger partial charge in [-0.3, -0.25) is 4.98 Å². The number of nitrogens with zero attached hydrogens (tertiary/aromatic N) is 3. The maximum atomic E-state index is 10.6. The molecule has 0 saturated carbocycles. The minimum absolute atomic E-state index is 0.104. The number of para-hydroxylation sites is 2. The van der Waals surface area contributed by atoms with Crippen molar-refractivity contribution in [3.8, 4) is 11.4 Å². The molecule has 0 unspecified atom stereocenters. The Bertz CT molecular complexity index is 1360. The van der Waals surface area contributed by atoms with Gasteiger partial charge in [0.1, 0.15) is 5.75 Å². The van der Waals surface area contributed by atoms with Crippen LogP contribution in [0.5, 0.6) is 5.75 Å². The second-order valence-corrected chi connectivity index (χ2v) is 9.78. The van der Waals surface area contributed by atoms with E-state index in [1.807, 2.05) is 42.6 Å². The van der Waals surface area contributed by atoms with Crippen molar-refractivity contribution in [2.75, 3.05) is 4.90 Å². The minimum Gasteiger partial charge on any atom is -0.506 e. The van der Waals surface area contributed by atoms with E-state index in [1.165, 1.54) is 5.56 Å². The fourth-order valence-corrected chi connectivity index (χ4v) is 5.43. The zero-order valence-corrected chi connectivity index (χ0v) is 21.3. The number of thiocarbonyl (C=S) groups is 1. The van der Waals surface area contributed by atoms with Gasteiger partial charge in [0, 0.05) is 23.3 Å². The van der Waals surface area contributed by atoms with Crippen molar-refractivity contribution in [2.24, 2.45) is 0 Å². The minimum atomic E-state index is -0.119. The molecule has 0 amide bonds. The van der Waals surface area contributed by atoms with E-state index in [1.54, 1.807) is 6.07 Å². The SMILES string of the molecule is Cc1cc([C@@H]2[C@H](c3ccccn3)NC(=S)N2c2ccc(C(C)C)cc2)c(C)n1-c1ccccc1O. The van der Waals surface area contributed by atoms with Crippen molar-refractivity contribution in [3.63, 3.8) is 0 Å². The third-order valence-corrected chi connectivity index (χ3v) is 7.16. The van der Waals surface area contributed by atoms with Gasteiger partial charge in [-0.25, -0.2) is 0 Å². The number of anilines is 1. The first-order valence-corrected chi connectivity index (χ1v) is 12.4. The van der Waals surface area contributed by atoms with Crippen LogP contribution in [0.15, 0.2) is 79.0 Å². The predicted molar refractivity (Wildman–Crippen MR) is 145 cm³/mol. The van der Waals surface area contributed by atoms with Gasteiger partial charge >= 0.3 is 0 Å². The molecule has 2 atom stereocenters. The Balaban J connectivity index is 1.67. The molecule has 35 heavy (non-hydrogen) atoms. The Morgan fingerprint density at radius 3 is 2.34 bits per heavy atom. The van der Waals surface area contributed by atoms with Crippen LogP contribution in [0.1, 0.15) is 60.1 Å². The molecule has 0 bridgehead atoms. The van der Waals surface area contributed by atoms with E-state index >= 15 is 0 Å². The van der Waals surface area contributed by atoms with Gasteiger partial charge in [-0.15, -0.1) is 0 Å². The number of benzene rings is 2. The summed E-state index contributed by atoms with van der Waals surface area (Å²) in [5.41, 5.74) is 7.29. The highest BCUT2D eigenvalue weighted by atomic mass is 32.1. The largest absolute Gasteiger partial charge is 0.506 e. The van der Waals surface area contributed by atoms with Gasteiger partial charge in [-0.2, -0.15) is 0 Å². The third-order valence-electron chi connectivity index (χ3n) is 6.85. The molecular weight excluding hydrogens is 452 g/mol. The molecule has 2 aromatic carbocycles. The second kappa shape index (κ2) is 9.19. The van der Waals surface area contributed by atoms with Crippen molar-refractivity contribution in [3.05, 3.63) is 107 Å². The van der Waals surface area contributed by atoms with E-state index in [9.17, 15) is 5.11 Å². The molecule has 2 aromatic heterocycles. The van der Waals surface area contributed by atoms with E-state index in [0.717, 1.165) is 34.0 Å². The average molecular weight is 483 g/mol. The van der Waals surface area contributed by atoms with E-state index < -0.39 is 0 Å². The molecule has 1 aliphatic rings. The third kappa shape index (κ3) is 4.08. The van der Waals surface area contributed by atoms with Gasteiger partial charge in [0.05, 0.1) is 23.5 Å². The van der Waals surface area contributed by atoms with Crippen LogP contribution < -0.4 is 10.2 Å². The van der Waals surface area contributed by atoms with Crippen molar-refractivity contribution < 1.29 is 5.11 Å². The molecule has 5 nitrogen and oxygen atoms in total. The average Bonchev–Trinajstić information content (AvgIpc) is 3.35. The van der Waals surface area contributed by atoms with Crippen LogP contribution in [-0.2, 0) is 0 Å². The van der Waals surface area contributed by atoms with E-state index in [4.69, 9.17) is 12.2 Å². The van der Waals surface area contributed by atoms with Crippen LogP contribution in [0.3, 0.4) is 0 Å². The maximum absolute atomic E-state index is 10.6. The lowest BCUT2D eigenvalue weighted by Gasteiger charge is -2.28. The van der Waals surface area contributed by atoms with E-state index in [0.29, 0.717) is 11.0 Å². The summed E-state index contributed by atoms with van der Waals surface area (Å²) in [5.74, 6) is 0.713. The van der Waals surface area contributed by atoms with Crippen LogP contribution >= 0.6 is 12.2 Å². The van der Waals surface area contributed by atoms with Gasteiger partial charge in [0.25, 0.3) is 0 Å². The van der Waals surface area contributed by atoms with Crippen molar-refractivity contribution in [2.45, 2.75) is 45.7 Å². The molecule has 6 heteroatoms. The number of hydrogen-bond acceptors (Lipinski definition) is 3. The number of aryl methyl sites for hydroxylation is 1. The lowest BCUT2D eigenvalue weighted by atomic mass is 9.96. The molecule has 178 valence electrons. The first-order chi connectivity index (χ1) is 16.9. The van der Waals surface area contributed by atoms with Crippen LogP contribution in [0.25, 0.3) is 5.69 Å². The summed E-state index contributed by atoms with van der Waals surface area (Å²) < 4.78 is 2.11. The van der Waals surface area contributed by atoms with Crippen molar-refractivity contribution in [1.29, 1.82) is 0 Å². The number of pyridine rings is 1. The molecule has 1 aliphatic heterocycles. The highest BCUT2D eigenvalue weighted by molar-refractivity contribution is 7.80. The summed E-state index contributed by atoms with van der Waals surface area (Å²) in [6.07, 6.45) is 1.82. The highest BCUT2D eigenvalue weighted by Crippen LogP contribution is 2.44. The molecule has 1 fully saturated rings. The Kier molecular flexibility index (Phi) is 6.07. The molecule has 5 rings (SSSR count). The van der Waals surface area contributed by atoms with E-state index in [2.05, 4.69) is 77.8 Å². The summed E-state index contributed by atoms with van der Waals surface area (Å²) in [7, 11) is 0. The molecule has 0 aliphatic carbocycles. The van der Waals surface area contributed by atoms with Gasteiger partial charge < -0.3 is 19.9 Å². The Hall–Kier alpha value is -3.64. The second-order valence-electron chi connectivity index (χ2n) is 9.39. The van der Waals surface area contributed by atoms with Crippen LogP contribution in [0, 0.1) is 13.8 Å². The maximum Gasteiger partial charge on any atom is 0.174 e. The fourth-order valence-electron chi connectivity index (χ4n) is 5.08. The summed E-state index contributed by atoms with van der Waals surface area (Å²) in [6, 6.07) is 24.1. The fraction of sp³-hybridized carbons (Fsp3) is 0.241. The van der Waals surface area contributed by atoms with Crippen molar-refractivity contribution >= 4 is 23.0 Å². The zero-order chi connectivity index (χ0) is 24.7.